The highest BCUT2D eigenvalue weighted by molar-refractivity contribution is 5.81. The topological polar surface area (TPSA) is 59.3 Å². The third-order valence-corrected chi connectivity index (χ3v) is 1.55. The summed E-state index contributed by atoms with van der Waals surface area (Å²) in [5.74, 6) is -0.422. The minimum absolute atomic E-state index is 0.000894. The van der Waals surface area contributed by atoms with Crippen molar-refractivity contribution in [1.29, 1.82) is 5.26 Å². The maximum Gasteiger partial charge on any atom is 0.330 e. The number of rotatable bonds is 7. The smallest absolute Gasteiger partial charge is 0.330 e. The summed E-state index contributed by atoms with van der Waals surface area (Å²) in [5.41, 5.74) is 0. The van der Waals surface area contributed by atoms with Crippen LogP contribution in [0.2, 0.25) is 0 Å². The molecular weight excluding hydrogens is 182 g/mol. The Morgan fingerprint density at radius 2 is 2.36 bits per heavy atom. The summed E-state index contributed by atoms with van der Waals surface area (Å²) in [5, 5.41) is 8.25. The minimum atomic E-state index is -0.422. The zero-order valence-electron chi connectivity index (χ0n) is 8.36. The highest BCUT2D eigenvalue weighted by Crippen LogP contribution is 1.98. The van der Waals surface area contributed by atoms with E-state index in [-0.39, 0.29) is 6.10 Å². The molecule has 14 heavy (non-hydrogen) atoms. The van der Waals surface area contributed by atoms with E-state index in [0.717, 1.165) is 6.08 Å². The second-order valence-corrected chi connectivity index (χ2v) is 2.75. The van der Waals surface area contributed by atoms with Crippen LogP contribution in [0.25, 0.3) is 0 Å². The lowest BCUT2D eigenvalue weighted by Crippen LogP contribution is -2.13. The first-order valence-corrected chi connectivity index (χ1v) is 4.48. The van der Waals surface area contributed by atoms with E-state index in [1.807, 2.05) is 13.0 Å². The summed E-state index contributed by atoms with van der Waals surface area (Å²) < 4.78 is 10.0. The number of nitriles is 1. The molecule has 0 aromatic rings. The second-order valence-electron chi connectivity index (χ2n) is 2.75. The number of hydrogen-bond donors (Lipinski definition) is 0. The van der Waals surface area contributed by atoms with Crippen LogP contribution in [-0.4, -0.2) is 25.3 Å². The molecule has 0 aliphatic carbocycles. The van der Waals surface area contributed by atoms with E-state index in [0.29, 0.717) is 26.1 Å². The third-order valence-electron chi connectivity index (χ3n) is 1.55. The molecule has 0 saturated carbocycles. The molecule has 1 unspecified atom stereocenters. The predicted molar refractivity (Wildman–Crippen MR) is 51.4 cm³/mol. The predicted octanol–water partition coefficient (Wildman–Crippen LogP) is 1.42. The van der Waals surface area contributed by atoms with Crippen molar-refractivity contribution in [1.82, 2.24) is 0 Å². The van der Waals surface area contributed by atoms with Gasteiger partial charge in [-0.2, -0.15) is 5.26 Å². The van der Waals surface area contributed by atoms with Crippen LogP contribution < -0.4 is 0 Å². The molecule has 0 radical (unpaired) electrons. The number of esters is 1. The van der Waals surface area contributed by atoms with Crippen LogP contribution in [0.5, 0.6) is 0 Å². The van der Waals surface area contributed by atoms with Gasteiger partial charge in [-0.3, -0.25) is 0 Å². The van der Waals surface area contributed by atoms with Gasteiger partial charge in [-0.1, -0.05) is 6.58 Å². The molecule has 4 heteroatoms. The minimum Gasteiger partial charge on any atom is -0.462 e. The molecule has 0 aromatic heterocycles. The van der Waals surface area contributed by atoms with Crippen LogP contribution in [-0.2, 0) is 14.3 Å². The average molecular weight is 197 g/mol. The van der Waals surface area contributed by atoms with Crippen molar-refractivity contribution in [3.8, 4) is 6.07 Å². The highest BCUT2D eigenvalue weighted by atomic mass is 16.5. The van der Waals surface area contributed by atoms with Gasteiger partial charge in [0.05, 0.1) is 31.8 Å². The van der Waals surface area contributed by atoms with Crippen LogP contribution in [0.1, 0.15) is 19.8 Å². The molecule has 4 nitrogen and oxygen atoms in total. The number of carbonyl (C=O) groups is 1. The molecule has 0 bridgehead atoms. The number of ether oxygens (including phenoxy) is 2. The molecular formula is C10H15NO3. The summed E-state index contributed by atoms with van der Waals surface area (Å²) in [4.78, 5) is 10.6. The molecule has 0 rings (SSSR count). The van der Waals surface area contributed by atoms with Gasteiger partial charge in [-0.05, 0) is 6.92 Å². The van der Waals surface area contributed by atoms with Gasteiger partial charge in [0.15, 0.2) is 0 Å². The summed E-state index contributed by atoms with van der Waals surface area (Å²) in [6.45, 7) is 5.89. The van der Waals surface area contributed by atoms with Crippen LogP contribution in [0, 0.1) is 11.3 Å². The molecule has 0 aliphatic heterocycles. The lowest BCUT2D eigenvalue weighted by molar-refractivity contribution is -0.138. The third kappa shape index (κ3) is 7.32. The molecule has 0 amide bonds. The molecule has 1 atom stereocenters. The van der Waals surface area contributed by atoms with Crippen molar-refractivity contribution in [3.63, 3.8) is 0 Å². The summed E-state index contributed by atoms with van der Waals surface area (Å²) in [6.07, 6.45) is 2.14. The van der Waals surface area contributed by atoms with E-state index >= 15 is 0 Å². The molecule has 0 heterocycles. The van der Waals surface area contributed by atoms with Gasteiger partial charge in [0, 0.05) is 12.5 Å². The Bertz CT molecular complexity index is 220. The Morgan fingerprint density at radius 3 is 2.93 bits per heavy atom. The van der Waals surface area contributed by atoms with Gasteiger partial charge in [0.2, 0.25) is 0 Å². The fourth-order valence-electron chi connectivity index (χ4n) is 0.773. The summed E-state index contributed by atoms with van der Waals surface area (Å²) >= 11 is 0. The lowest BCUT2D eigenvalue weighted by Gasteiger charge is -2.11. The molecule has 0 N–H and O–H groups in total. The Kier molecular flexibility index (Phi) is 7.48. The fraction of sp³-hybridized carbons (Fsp3) is 0.600. The van der Waals surface area contributed by atoms with Gasteiger partial charge < -0.3 is 9.47 Å². The molecule has 0 fully saturated rings. The summed E-state index contributed by atoms with van der Waals surface area (Å²) in [7, 11) is 0. The van der Waals surface area contributed by atoms with E-state index in [1.54, 1.807) is 0 Å². The Labute approximate surface area is 84.1 Å². The quantitative estimate of drug-likeness (QED) is 0.352. The maximum absolute atomic E-state index is 10.6. The monoisotopic (exact) mass is 197 g/mol. The Morgan fingerprint density at radius 1 is 1.64 bits per heavy atom. The Hall–Kier alpha value is -1.34. The van der Waals surface area contributed by atoms with Gasteiger partial charge in [-0.15, -0.1) is 0 Å². The van der Waals surface area contributed by atoms with Gasteiger partial charge in [-0.25, -0.2) is 4.79 Å². The zero-order valence-corrected chi connectivity index (χ0v) is 8.36. The van der Waals surface area contributed by atoms with Gasteiger partial charge in [0.25, 0.3) is 0 Å². The molecule has 0 aromatic carbocycles. The average Bonchev–Trinajstić information content (AvgIpc) is 2.18. The molecule has 0 saturated heterocycles. The number of carbonyl (C=O) groups excluding carboxylic acids is 1. The van der Waals surface area contributed by atoms with Crippen molar-refractivity contribution in [2.24, 2.45) is 0 Å². The van der Waals surface area contributed by atoms with E-state index in [9.17, 15) is 4.79 Å². The molecule has 0 aliphatic rings. The van der Waals surface area contributed by atoms with Crippen LogP contribution in [0.3, 0.4) is 0 Å². The van der Waals surface area contributed by atoms with Crippen LogP contribution >= 0.6 is 0 Å². The second kappa shape index (κ2) is 8.27. The van der Waals surface area contributed by atoms with E-state index < -0.39 is 5.97 Å². The molecule has 78 valence electrons. The first-order chi connectivity index (χ1) is 6.70. The van der Waals surface area contributed by atoms with Crippen molar-refractivity contribution in [3.05, 3.63) is 12.7 Å². The van der Waals surface area contributed by atoms with Crippen LogP contribution in [0.15, 0.2) is 12.7 Å². The van der Waals surface area contributed by atoms with E-state index in [4.69, 9.17) is 14.7 Å². The number of hydrogen-bond acceptors (Lipinski definition) is 4. The van der Waals surface area contributed by atoms with E-state index in [1.165, 1.54) is 0 Å². The standard InChI is InChI=1S/C10H15NO3/c1-3-10(12)14-8-5-9(2)13-7-4-6-11/h3,9H,1,4-5,7-8H2,2H3. The van der Waals surface area contributed by atoms with Crippen LogP contribution in [0.4, 0.5) is 0 Å². The molecule has 0 spiro atoms. The first-order valence-electron chi connectivity index (χ1n) is 4.48. The van der Waals surface area contributed by atoms with E-state index in [2.05, 4.69) is 6.58 Å². The fourth-order valence-corrected chi connectivity index (χ4v) is 0.773. The van der Waals surface area contributed by atoms with Crippen molar-refractivity contribution in [2.45, 2.75) is 25.9 Å². The zero-order chi connectivity index (χ0) is 10.8. The summed E-state index contributed by atoms with van der Waals surface area (Å²) in [6, 6.07) is 1.98. The lowest BCUT2D eigenvalue weighted by atomic mass is 10.3. The largest absolute Gasteiger partial charge is 0.462 e. The normalized spacial score (nSPS) is 11.4. The number of nitrogens with zero attached hydrogens (tertiary/aromatic N) is 1. The van der Waals surface area contributed by atoms with Crippen molar-refractivity contribution in [2.75, 3.05) is 13.2 Å². The highest BCUT2D eigenvalue weighted by Gasteiger charge is 2.03. The van der Waals surface area contributed by atoms with Gasteiger partial charge >= 0.3 is 5.97 Å². The Balaban J connectivity index is 3.35. The SMILES string of the molecule is C=CC(=O)OCCC(C)OCCC#N. The van der Waals surface area contributed by atoms with Crippen molar-refractivity contribution < 1.29 is 14.3 Å². The first kappa shape index (κ1) is 12.7. The van der Waals surface area contributed by atoms with Gasteiger partial charge in [0.1, 0.15) is 0 Å². The van der Waals surface area contributed by atoms with Crippen molar-refractivity contribution >= 4 is 5.97 Å². The maximum atomic E-state index is 10.6.